The van der Waals surface area contributed by atoms with Gasteiger partial charge in [0.2, 0.25) is 0 Å². The van der Waals surface area contributed by atoms with E-state index in [9.17, 15) is 0 Å². The average molecular weight is 470 g/mol. The molecule has 0 radical (unpaired) electrons. The van der Waals surface area contributed by atoms with Gasteiger partial charge in [-0.3, -0.25) is 0 Å². The maximum Gasteiger partial charge on any atom is 0.0346 e. The van der Waals surface area contributed by atoms with E-state index in [4.69, 9.17) is 5.73 Å². The molecule has 1 heteroatoms. The molecule has 0 aromatic heterocycles. The number of rotatable bonds is 8. The van der Waals surface area contributed by atoms with Gasteiger partial charge in [-0.1, -0.05) is 104 Å². The molecule has 0 heterocycles. The van der Waals surface area contributed by atoms with E-state index in [1.807, 2.05) is 12.1 Å². The minimum Gasteiger partial charge on any atom is -0.399 e. The van der Waals surface area contributed by atoms with Crippen molar-refractivity contribution >= 4 is 5.69 Å². The Morgan fingerprint density at radius 2 is 1.91 bits per heavy atom. The van der Waals surface area contributed by atoms with Crippen LogP contribution in [0.25, 0.3) is 0 Å². The molecule has 0 spiro atoms. The summed E-state index contributed by atoms with van der Waals surface area (Å²) in [6.45, 7) is 11.5. The van der Waals surface area contributed by atoms with Crippen LogP contribution in [0.15, 0.2) is 94.2 Å². The fourth-order valence-electron chi connectivity index (χ4n) is 5.35. The van der Waals surface area contributed by atoms with Crippen LogP contribution in [-0.4, -0.2) is 0 Å². The van der Waals surface area contributed by atoms with Gasteiger partial charge in [0.25, 0.3) is 0 Å². The molecule has 1 aromatic carbocycles. The Morgan fingerprint density at radius 3 is 2.66 bits per heavy atom. The summed E-state index contributed by atoms with van der Waals surface area (Å²) in [6, 6.07) is 8.33. The number of benzene rings is 1. The fraction of sp³-hybridized carbons (Fsp3) is 0.471. The number of para-hydroxylation sites is 1. The minimum absolute atomic E-state index is 0.287. The SMILES string of the molecule is C/C=C(\C=C(\CCc1ccccc1N)CC1=CC2=C(C/C=C\C(C)(C)CCC=C2C)CC1)CCC. The molecule has 0 bridgehead atoms. The normalized spacial score (nSPS) is 20.1. The highest BCUT2D eigenvalue weighted by atomic mass is 14.6. The van der Waals surface area contributed by atoms with E-state index in [-0.39, 0.29) is 5.41 Å². The third kappa shape index (κ3) is 8.27. The number of nitrogen functional groups attached to an aromatic ring is 1. The van der Waals surface area contributed by atoms with Gasteiger partial charge >= 0.3 is 0 Å². The Bertz CT molecular complexity index is 1050. The van der Waals surface area contributed by atoms with Gasteiger partial charge < -0.3 is 5.73 Å². The number of hydrogen-bond donors (Lipinski definition) is 1. The molecular formula is C34H47N. The molecule has 3 rings (SSSR count). The van der Waals surface area contributed by atoms with Gasteiger partial charge in [0.15, 0.2) is 0 Å². The topological polar surface area (TPSA) is 26.0 Å². The first-order valence-electron chi connectivity index (χ1n) is 13.8. The molecule has 0 unspecified atom stereocenters. The van der Waals surface area contributed by atoms with Gasteiger partial charge in [-0.2, -0.15) is 0 Å². The highest BCUT2D eigenvalue weighted by Crippen LogP contribution is 2.36. The number of hydrogen-bond acceptors (Lipinski definition) is 1. The zero-order valence-electron chi connectivity index (χ0n) is 22.9. The van der Waals surface area contributed by atoms with Gasteiger partial charge in [-0.25, -0.2) is 0 Å². The largest absolute Gasteiger partial charge is 0.399 e. The predicted octanol–water partition coefficient (Wildman–Crippen LogP) is 9.99. The van der Waals surface area contributed by atoms with E-state index >= 15 is 0 Å². The highest BCUT2D eigenvalue weighted by molar-refractivity contribution is 5.49. The van der Waals surface area contributed by atoms with Crippen LogP contribution in [0, 0.1) is 5.41 Å². The second-order valence-electron chi connectivity index (χ2n) is 11.1. The van der Waals surface area contributed by atoms with Gasteiger partial charge in [-0.05, 0) is 99.8 Å². The van der Waals surface area contributed by atoms with Gasteiger partial charge in [0.05, 0.1) is 0 Å². The van der Waals surface area contributed by atoms with Crippen molar-refractivity contribution in [3.63, 3.8) is 0 Å². The summed E-state index contributed by atoms with van der Waals surface area (Å²) < 4.78 is 0. The molecule has 1 aromatic rings. The highest BCUT2D eigenvalue weighted by Gasteiger charge is 2.18. The van der Waals surface area contributed by atoms with Crippen LogP contribution in [0.3, 0.4) is 0 Å². The van der Waals surface area contributed by atoms with Gasteiger partial charge in [0, 0.05) is 5.69 Å². The molecule has 35 heavy (non-hydrogen) atoms. The second-order valence-corrected chi connectivity index (χ2v) is 11.1. The molecule has 0 aliphatic heterocycles. The van der Waals surface area contributed by atoms with Crippen molar-refractivity contribution in [2.45, 2.75) is 98.8 Å². The van der Waals surface area contributed by atoms with Crippen molar-refractivity contribution in [3.8, 4) is 0 Å². The first-order valence-corrected chi connectivity index (χ1v) is 13.8. The summed E-state index contributed by atoms with van der Waals surface area (Å²) in [4.78, 5) is 0. The predicted molar refractivity (Wildman–Crippen MR) is 155 cm³/mol. The summed E-state index contributed by atoms with van der Waals surface area (Å²) in [6.07, 6.45) is 25.9. The quantitative estimate of drug-likeness (QED) is 0.229. The lowest BCUT2D eigenvalue weighted by Gasteiger charge is -2.25. The van der Waals surface area contributed by atoms with Crippen molar-refractivity contribution < 1.29 is 0 Å². The van der Waals surface area contributed by atoms with Gasteiger partial charge in [-0.15, -0.1) is 0 Å². The summed E-state index contributed by atoms with van der Waals surface area (Å²) in [5, 5.41) is 0. The Labute approximate surface area is 215 Å². The average Bonchev–Trinajstić information content (AvgIpc) is 2.83. The first-order chi connectivity index (χ1) is 16.8. The van der Waals surface area contributed by atoms with Crippen molar-refractivity contribution in [2.75, 3.05) is 5.73 Å². The molecule has 0 amide bonds. The number of allylic oxidation sites excluding steroid dienone is 12. The fourth-order valence-corrected chi connectivity index (χ4v) is 5.35. The maximum atomic E-state index is 6.26. The van der Waals surface area contributed by atoms with E-state index in [0.717, 1.165) is 44.2 Å². The summed E-state index contributed by atoms with van der Waals surface area (Å²) in [7, 11) is 0. The van der Waals surface area contributed by atoms with Crippen LogP contribution < -0.4 is 5.73 Å². The third-order valence-electron chi connectivity index (χ3n) is 7.60. The lowest BCUT2D eigenvalue weighted by Crippen LogP contribution is -2.08. The molecule has 0 saturated heterocycles. The summed E-state index contributed by atoms with van der Waals surface area (Å²) in [5.74, 6) is 0. The Hall–Kier alpha value is -2.54. The number of aryl methyl sites for hydroxylation is 1. The van der Waals surface area contributed by atoms with Crippen molar-refractivity contribution in [1.29, 1.82) is 0 Å². The first kappa shape index (κ1) is 27.1. The van der Waals surface area contributed by atoms with Crippen LogP contribution in [0.2, 0.25) is 0 Å². The van der Waals surface area contributed by atoms with Crippen molar-refractivity contribution in [1.82, 2.24) is 0 Å². The molecule has 2 aliphatic rings. The maximum absolute atomic E-state index is 6.26. The van der Waals surface area contributed by atoms with E-state index < -0.39 is 0 Å². The monoisotopic (exact) mass is 469 g/mol. The lowest BCUT2D eigenvalue weighted by atomic mass is 9.81. The third-order valence-corrected chi connectivity index (χ3v) is 7.60. The smallest absolute Gasteiger partial charge is 0.0346 e. The molecule has 0 fully saturated rings. The zero-order valence-corrected chi connectivity index (χ0v) is 22.9. The summed E-state index contributed by atoms with van der Waals surface area (Å²) in [5.41, 5.74) is 17.9. The molecule has 2 N–H and O–H groups in total. The zero-order chi connectivity index (χ0) is 25.3. The minimum atomic E-state index is 0.287. The summed E-state index contributed by atoms with van der Waals surface area (Å²) >= 11 is 0. The molecule has 188 valence electrons. The van der Waals surface area contributed by atoms with Crippen LogP contribution in [0.4, 0.5) is 5.69 Å². The van der Waals surface area contributed by atoms with Crippen LogP contribution in [-0.2, 0) is 6.42 Å². The van der Waals surface area contributed by atoms with Crippen molar-refractivity contribution in [3.05, 3.63) is 99.7 Å². The molecule has 2 aliphatic carbocycles. The number of nitrogens with two attached hydrogens (primary N) is 1. The van der Waals surface area contributed by atoms with E-state index in [1.165, 1.54) is 53.5 Å². The van der Waals surface area contributed by atoms with Crippen molar-refractivity contribution in [2.24, 2.45) is 5.41 Å². The second kappa shape index (κ2) is 13.0. The Morgan fingerprint density at radius 1 is 1.11 bits per heavy atom. The standard InChI is InChI=1S/C34H47N/c1-6-12-27(7-2)23-28(18-20-31-14-8-9-16-33(31)35)24-29-17-19-30-15-11-22-34(4,5)21-10-13-26(3)32(30)25-29/h7-9,11,13-14,16,22-23,25H,6,10,12,15,17-21,24,35H2,1-5H3/b22-11-,26-13?,27-7-,28-23-. The Kier molecular flexibility index (Phi) is 10.0. The van der Waals surface area contributed by atoms with Gasteiger partial charge in [0.1, 0.15) is 0 Å². The lowest BCUT2D eigenvalue weighted by molar-refractivity contribution is 0.440. The van der Waals surface area contributed by atoms with Crippen LogP contribution in [0.5, 0.6) is 0 Å². The molecule has 0 saturated carbocycles. The van der Waals surface area contributed by atoms with E-state index in [2.05, 4.69) is 83.2 Å². The molecule has 1 nitrogen and oxygen atoms in total. The molecular weight excluding hydrogens is 422 g/mol. The number of anilines is 1. The van der Waals surface area contributed by atoms with E-state index in [0.29, 0.717) is 0 Å². The Balaban J connectivity index is 1.86. The van der Waals surface area contributed by atoms with E-state index in [1.54, 1.807) is 11.1 Å². The molecule has 0 atom stereocenters. The van der Waals surface area contributed by atoms with Crippen LogP contribution >= 0.6 is 0 Å². The van der Waals surface area contributed by atoms with Crippen LogP contribution in [0.1, 0.15) is 98.0 Å².